The van der Waals surface area contributed by atoms with Crippen molar-refractivity contribution < 1.29 is 14.4 Å². The average Bonchev–Trinajstić information content (AvgIpc) is 3.03. The Labute approximate surface area is 164 Å². The molecule has 2 aromatic rings. The largest absolute Gasteiger partial charge is 0.347 e. The van der Waals surface area contributed by atoms with E-state index in [1.807, 2.05) is 51.1 Å². The van der Waals surface area contributed by atoms with Crippen molar-refractivity contribution in [1.82, 2.24) is 5.32 Å². The first kappa shape index (κ1) is 19.6. The molecule has 1 fully saturated rings. The number of nitrogens with zero attached hydrogens (tertiary/aromatic N) is 1. The van der Waals surface area contributed by atoms with Gasteiger partial charge in [-0.1, -0.05) is 18.2 Å². The van der Waals surface area contributed by atoms with Crippen LogP contribution in [0, 0.1) is 5.92 Å². The maximum Gasteiger partial charge on any atom is 0.251 e. The first-order valence-electron chi connectivity index (χ1n) is 9.32. The third kappa shape index (κ3) is 4.76. The summed E-state index contributed by atoms with van der Waals surface area (Å²) in [5, 5.41) is 5.74. The van der Waals surface area contributed by atoms with Gasteiger partial charge < -0.3 is 15.5 Å². The van der Waals surface area contributed by atoms with Crippen LogP contribution in [-0.4, -0.2) is 29.8 Å². The van der Waals surface area contributed by atoms with Gasteiger partial charge in [0.1, 0.15) is 0 Å². The molecule has 1 atom stereocenters. The van der Waals surface area contributed by atoms with E-state index in [-0.39, 0.29) is 29.7 Å². The number of benzene rings is 2. The van der Waals surface area contributed by atoms with Crippen LogP contribution >= 0.6 is 0 Å². The summed E-state index contributed by atoms with van der Waals surface area (Å²) in [5.74, 6) is -0.818. The van der Waals surface area contributed by atoms with Crippen LogP contribution in [0.25, 0.3) is 0 Å². The molecule has 1 saturated heterocycles. The zero-order valence-corrected chi connectivity index (χ0v) is 16.4. The van der Waals surface area contributed by atoms with E-state index in [1.54, 1.807) is 29.2 Å². The molecule has 0 radical (unpaired) electrons. The summed E-state index contributed by atoms with van der Waals surface area (Å²) in [6.07, 6.45) is 0.187. The number of rotatable bonds is 4. The summed E-state index contributed by atoms with van der Waals surface area (Å²) in [6, 6.07) is 16.1. The predicted molar refractivity (Wildman–Crippen MR) is 109 cm³/mol. The number of para-hydroxylation sites is 1. The van der Waals surface area contributed by atoms with E-state index in [0.717, 1.165) is 5.69 Å². The highest BCUT2D eigenvalue weighted by Gasteiger charge is 2.35. The van der Waals surface area contributed by atoms with E-state index >= 15 is 0 Å². The molecule has 2 aromatic carbocycles. The molecule has 3 amide bonds. The number of hydrogen-bond donors (Lipinski definition) is 2. The Balaban J connectivity index is 1.61. The molecule has 0 aromatic heterocycles. The fraction of sp³-hybridized carbons (Fsp3) is 0.318. The molecule has 1 aliphatic rings. The summed E-state index contributed by atoms with van der Waals surface area (Å²) in [4.78, 5) is 38.7. The number of nitrogens with one attached hydrogen (secondary N) is 2. The summed E-state index contributed by atoms with van der Waals surface area (Å²) in [5.41, 5.74) is 1.61. The zero-order valence-electron chi connectivity index (χ0n) is 16.4. The normalized spacial score (nSPS) is 16.8. The summed E-state index contributed by atoms with van der Waals surface area (Å²) < 4.78 is 0. The molecule has 6 heteroatoms. The van der Waals surface area contributed by atoms with Crippen LogP contribution in [0.1, 0.15) is 37.6 Å². The minimum Gasteiger partial charge on any atom is -0.347 e. The van der Waals surface area contributed by atoms with Gasteiger partial charge in [0.2, 0.25) is 11.8 Å². The zero-order chi connectivity index (χ0) is 20.3. The van der Waals surface area contributed by atoms with Gasteiger partial charge >= 0.3 is 0 Å². The maximum atomic E-state index is 12.6. The molecule has 2 N–H and O–H groups in total. The molecule has 1 aliphatic heterocycles. The van der Waals surface area contributed by atoms with Crippen molar-refractivity contribution in [2.75, 3.05) is 16.8 Å². The lowest BCUT2D eigenvalue weighted by Crippen LogP contribution is -2.40. The lowest BCUT2D eigenvalue weighted by molar-refractivity contribution is -0.122. The highest BCUT2D eigenvalue weighted by Crippen LogP contribution is 2.25. The third-order valence-corrected chi connectivity index (χ3v) is 4.47. The van der Waals surface area contributed by atoms with E-state index in [1.165, 1.54) is 0 Å². The standard InChI is InChI=1S/C22H25N3O3/c1-22(2,3)24-21(28)15-9-11-17(12-10-15)23-20(27)16-13-19(26)25(14-16)18-7-5-4-6-8-18/h4-12,16H,13-14H2,1-3H3,(H,23,27)(H,24,28). The van der Waals surface area contributed by atoms with E-state index in [4.69, 9.17) is 0 Å². The van der Waals surface area contributed by atoms with Crippen molar-refractivity contribution in [2.24, 2.45) is 5.92 Å². The molecule has 0 bridgehead atoms. The molecule has 28 heavy (non-hydrogen) atoms. The summed E-state index contributed by atoms with van der Waals surface area (Å²) >= 11 is 0. The van der Waals surface area contributed by atoms with Crippen molar-refractivity contribution in [1.29, 1.82) is 0 Å². The van der Waals surface area contributed by atoms with E-state index < -0.39 is 5.92 Å². The fourth-order valence-corrected chi connectivity index (χ4v) is 3.10. The monoisotopic (exact) mass is 379 g/mol. The van der Waals surface area contributed by atoms with Crippen molar-refractivity contribution in [3.63, 3.8) is 0 Å². The number of hydrogen-bond acceptors (Lipinski definition) is 3. The second kappa shape index (κ2) is 7.84. The fourth-order valence-electron chi connectivity index (χ4n) is 3.10. The van der Waals surface area contributed by atoms with Crippen LogP contribution in [0.2, 0.25) is 0 Å². The van der Waals surface area contributed by atoms with Gasteiger partial charge in [-0.25, -0.2) is 0 Å². The van der Waals surface area contributed by atoms with Gasteiger partial charge in [0.15, 0.2) is 0 Å². The Morgan fingerprint density at radius 3 is 2.25 bits per heavy atom. The Morgan fingerprint density at radius 1 is 1.00 bits per heavy atom. The van der Waals surface area contributed by atoms with Crippen molar-refractivity contribution in [2.45, 2.75) is 32.7 Å². The SMILES string of the molecule is CC(C)(C)NC(=O)c1ccc(NC(=O)C2CC(=O)N(c3ccccc3)C2)cc1. The first-order chi connectivity index (χ1) is 13.2. The number of carbonyl (C=O) groups excluding carboxylic acids is 3. The summed E-state index contributed by atoms with van der Waals surface area (Å²) in [7, 11) is 0. The molecular weight excluding hydrogens is 354 g/mol. The van der Waals surface area contributed by atoms with Crippen molar-refractivity contribution in [3.8, 4) is 0 Å². The van der Waals surface area contributed by atoms with Gasteiger partial charge in [-0.15, -0.1) is 0 Å². The predicted octanol–water partition coefficient (Wildman–Crippen LogP) is 3.21. The van der Waals surface area contributed by atoms with E-state index in [2.05, 4.69) is 10.6 Å². The Hall–Kier alpha value is -3.15. The quantitative estimate of drug-likeness (QED) is 0.856. The van der Waals surface area contributed by atoms with Crippen LogP contribution in [0.15, 0.2) is 54.6 Å². The van der Waals surface area contributed by atoms with Gasteiger partial charge in [-0.2, -0.15) is 0 Å². The minimum atomic E-state index is -0.406. The van der Waals surface area contributed by atoms with Gasteiger partial charge in [0.05, 0.1) is 5.92 Å². The molecule has 1 heterocycles. The lowest BCUT2D eigenvalue weighted by Gasteiger charge is -2.20. The van der Waals surface area contributed by atoms with Crippen LogP contribution in [0.5, 0.6) is 0 Å². The van der Waals surface area contributed by atoms with Crippen LogP contribution in [0.3, 0.4) is 0 Å². The van der Waals surface area contributed by atoms with Gasteiger partial charge in [-0.3, -0.25) is 14.4 Å². The third-order valence-electron chi connectivity index (χ3n) is 4.47. The number of anilines is 2. The summed E-state index contributed by atoms with van der Waals surface area (Å²) in [6.45, 7) is 6.12. The second-order valence-corrected chi connectivity index (χ2v) is 8.01. The number of amides is 3. The van der Waals surface area contributed by atoms with Crippen molar-refractivity contribution in [3.05, 3.63) is 60.2 Å². The molecule has 6 nitrogen and oxygen atoms in total. The molecule has 0 saturated carbocycles. The smallest absolute Gasteiger partial charge is 0.251 e. The number of carbonyl (C=O) groups is 3. The lowest BCUT2D eigenvalue weighted by atomic mass is 10.1. The highest BCUT2D eigenvalue weighted by atomic mass is 16.2. The Bertz CT molecular complexity index is 870. The van der Waals surface area contributed by atoms with Gasteiger partial charge in [0.25, 0.3) is 5.91 Å². The van der Waals surface area contributed by atoms with Gasteiger partial charge in [0, 0.05) is 35.4 Å². The van der Waals surface area contributed by atoms with Crippen LogP contribution in [-0.2, 0) is 9.59 Å². The molecule has 0 aliphatic carbocycles. The van der Waals surface area contributed by atoms with Crippen LogP contribution < -0.4 is 15.5 Å². The van der Waals surface area contributed by atoms with E-state index in [9.17, 15) is 14.4 Å². The second-order valence-electron chi connectivity index (χ2n) is 8.01. The van der Waals surface area contributed by atoms with Gasteiger partial charge in [-0.05, 0) is 57.2 Å². The van der Waals surface area contributed by atoms with Crippen molar-refractivity contribution >= 4 is 29.1 Å². The first-order valence-corrected chi connectivity index (χ1v) is 9.32. The average molecular weight is 379 g/mol. The van der Waals surface area contributed by atoms with E-state index in [0.29, 0.717) is 17.8 Å². The highest BCUT2D eigenvalue weighted by molar-refractivity contribution is 6.03. The Morgan fingerprint density at radius 2 is 1.64 bits per heavy atom. The molecule has 3 rings (SSSR count). The molecule has 1 unspecified atom stereocenters. The minimum absolute atomic E-state index is 0.0550. The molecule has 146 valence electrons. The topological polar surface area (TPSA) is 78.5 Å². The Kier molecular flexibility index (Phi) is 5.49. The maximum absolute atomic E-state index is 12.6. The van der Waals surface area contributed by atoms with Crippen LogP contribution in [0.4, 0.5) is 11.4 Å². The molecule has 0 spiro atoms. The molecular formula is C22H25N3O3.